The molecule has 6 heteroatoms. The lowest BCUT2D eigenvalue weighted by Gasteiger charge is -2.15. The molecule has 0 aliphatic carbocycles. The Morgan fingerprint density at radius 3 is 2.52 bits per heavy atom. The molecule has 0 aliphatic rings. The Balaban J connectivity index is 2.73. The van der Waals surface area contributed by atoms with Crippen molar-refractivity contribution in [3.8, 4) is 5.75 Å². The van der Waals surface area contributed by atoms with Gasteiger partial charge in [-0.05, 0) is 31.9 Å². The van der Waals surface area contributed by atoms with Crippen molar-refractivity contribution < 1.29 is 28.6 Å². The van der Waals surface area contributed by atoms with Crippen molar-refractivity contribution in [2.75, 3.05) is 27.4 Å². The van der Waals surface area contributed by atoms with Crippen LogP contribution >= 0.6 is 0 Å². The number of Topliss-reactive ketones (excluding diaryl/α,β-unsaturated/α-hetero) is 2. The lowest BCUT2D eigenvalue weighted by Crippen LogP contribution is -2.27. The monoisotopic (exact) mass is 350 g/mol. The molecule has 1 atom stereocenters. The maximum atomic E-state index is 12.7. The summed E-state index contributed by atoms with van der Waals surface area (Å²) in [6.07, 6.45) is 1.81. The van der Waals surface area contributed by atoms with Crippen LogP contribution in [0.1, 0.15) is 43.0 Å². The van der Waals surface area contributed by atoms with Crippen LogP contribution in [0.15, 0.2) is 24.3 Å². The second-order valence-corrected chi connectivity index (χ2v) is 5.60. The van der Waals surface area contributed by atoms with E-state index in [9.17, 15) is 14.4 Å². The zero-order valence-electron chi connectivity index (χ0n) is 15.1. The summed E-state index contributed by atoms with van der Waals surface area (Å²) in [6, 6.07) is 6.73. The SMILES string of the molecule is CCOC(=O)CCCCC(C(=O)COC)C(=O)c1cccc(OC)c1. The van der Waals surface area contributed by atoms with E-state index in [0.29, 0.717) is 37.2 Å². The van der Waals surface area contributed by atoms with E-state index >= 15 is 0 Å². The van der Waals surface area contributed by atoms with Crippen LogP contribution in [0.3, 0.4) is 0 Å². The fraction of sp³-hybridized carbons (Fsp3) is 0.526. The number of carbonyl (C=O) groups is 3. The van der Waals surface area contributed by atoms with Crippen molar-refractivity contribution >= 4 is 17.5 Å². The standard InChI is InChI=1S/C19H26O6/c1-4-25-18(21)11-6-5-10-16(17(20)13-23-2)19(22)14-8-7-9-15(12-14)24-3/h7-9,12,16H,4-6,10-11,13H2,1-3H3. The van der Waals surface area contributed by atoms with Gasteiger partial charge in [-0.3, -0.25) is 14.4 Å². The molecular weight excluding hydrogens is 324 g/mol. The second kappa shape index (κ2) is 11.4. The summed E-state index contributed by atoms with van der Waals surface area (Å²) in [5.41, 5.74) is 0.430. The Morgan fingerprint density at radius 1 is 1.12 bits per heavy atom. The van der Waals surface area contributed by atoms with Crippen molar-refractivity contribution in [1.82, 2.24) is 0 Å². The molecule has 0 radical (unpaired) electrons. The molecule has 1 aromatic rings. The Bertz CT molecular complexity index is 581. The Labute approximate surface area is 148 Å². The first-order valence-corrected chi connectivity index (χ1v) is 8.39. The van der Waals surface area contributed by atoms with E-state index in [1.165, 1.54) is 14.2 Å². The maximum absolute atomic E-state index is 12.7. The van der Waals surface area contributed by atoms with Gasteiger partial charge in [0.2, 0.25) is 0 Å². The first kappa shape index (κ1) is 20.8. The van der Waals surface area contributed by atoms with Crippen LogP contribution < -0.4 is 4.74 Å². The van der Waals surface area contributed by atoms with Crippen molar-refractivity contribution in [3.63, 3.8) is 0 Å². The molecule has 1 rings (SSSR count). The smallest absolute Gasteiger partial charge is 0.305 e. The minimum absolute atomic E-state index is 0.113. The van der Waals surface area contributed by atoms with Crippen LogP contribution in [0, 0.1) is 5.92 Å². The zero-order chi connectivity index (χ0) is 18.7. The van der Waals surface area contributed by atoms with Gasteiger partial charge in [0, 0.05) is 19.1 Å². The first-order valence-electron chi connectivity index (χ1n) is 8.39. The van der Waals surface area contributed by atoms with Crippen LogP contribution in [-0.4, -0.2) is 45.0 Å². The van der Waals surface area contributed by atoms with E-state index in [1.54, 1.807) is 31.2 Å². The molecule has 0 bridgehead atoms. The lowest BCUT2D eigenvalue weighted by molar-refractivity contribution is -0.143. The molecule has 0 amide bonds. The maximum Gasteiger partial charge on any atom is 0.305 e. The number of methoxy groups -OCH3 is 2. The van der Waals surface area contributed by atoms with Crippen molar-refractivity contribution in [2.45, 2.75) is 32.6 Å². The van der Waals surface area contributed by atoms with Crippen molar-refractivity contribution in [3.05, 3.63) is 29.8 Å². The molecule has 0 saturated carbocycles. The predicted octanol–water partition coefficient (Wildman–Crippen LogP) is 2.83. The molecule has 0 heterocycles. The molecule has 0 spiro atoms. The molecule has 6 nitrogen and oxygen atoms in total. The van der Waals surface area contributed by atoms with Crippen LogP contribution in [0.2, 0.25) is 0 Å². The summed E-state index contributed by atoms with van der Waals surface area (Å²) < 4.78 is 14.9. The number of unbranched alkanes of at least 4 members (excludes halogenated alkanes) is 1. The Morgan fingerprint density at radius 2 is 1.88 bits per heavy atom. The van der Waals surface area contributed by atoms with Gasteiger partial charge in [0.05, 0.1) is 19.6 Å². The van der Waals surface area contributed by atoms with Gasteiger partial charge in [-0.25, -0.2) is 0 Å². The first-order chi connectivity index (χ1) is 12.0. The van der Waals surface area contributed by atoms with Gasteiger partial charge in [0.1, 0.15) is 12.4 Å². The number of rotatable bonds is 12. The highest BCUT2D eigenvalue weighted by Gasteiger charge is 2.27. The van der Waals surface area contributed by atoms with Gasteiger partial charge < -0.3 is 14.2 Å². The molecule has 0 fully saturated rings. The predicted molar refractivity (Wildman–Crippen MR) is 92.8 cm³/mol. The van der Waals surface area contributed by atoms with Gasteiger partial charge in [-0.15, -0.1) is 0 Å². The molecule has 0 aliphatic heterocycles. The van der Waals surface area contributed by atoms with Crippen molar-refractivity contribution in [2.24, 2.45) is 5.92 Å². The van der Waals surface area contributed by atoms with Crippen LogP contribution in [0.4, 0.5) is 0 Å². The van der Waals surface area contributed by atoms with E-state index in [4.69, 9.17) is 14.2 Å². The lowest BCUT2D eigenvalue weighted by atomic mass is 9.89. The molecule has 25 heavy (non-hydrogen) atoms. The fourth-order valence-electron chi connectivity index (χ4n) is 2.51. The molecule has 0 N–H and O–H groups in total. The van der Waals surface area contributed by atoms with E-state index < -0.39 is 5.92 Å². The minimum Gasteiger partial charge on any atom is -0.497 e. The van der Waals surface area contributed by atoms with Gasteiger partial charge >= 0.3 is 5.97 Å². The summed E-state index contributed by atoms with van der Waals surface area (Å²) >= 11 is 0. The average Bonchev–Trinajstić information content (AvgIpc) is 2.61. The third kappa shape index (κ3) is 7.05. The fourth-order valence-corrected chi connectivity index (χ4v) is 2.51. The van der Waals surface area contributed by atoms with E-state index in [-0.39, 0.29) is 30.6 Å². The Kier molecular flexibility index (Phi) is 9.47. The number of ether oxygens (including phenoxy) is 3. The summed E-state index contributed by atoms with van der Waals surface area (Å²) in [6.45, 7) is 1.99. The highest BCUT2D eigenvalue weighted by atomic mass is 16.5. The normalized spacial score (nSPS) is 11.6. The highest BCUT2D eigenvalue weighted by Crippen LogP contribution is 2.21. The minimum atomic E-state index is -0.783. The average molecular weight is 350 g/mol. The number of ketones is 2. The van der Waals surface area contributed by atoms with Gasteiger partial charge in [0.15, 0.2) is 11.6 Å². The Hall–Kier alpha value is -2.21. The number of benzene rings is 1. The summed E-state index contributed by atoms with van der Waals surface area (Å²) in [5.74, 6) is -0.995. The molecule has 0 saturated heterocycles. The van der Waals surface area contributed by atoms with Crippen LogP contribution in [0.25, 0.3) is 0 Å². The third-order valence-electron chi connectivity index (χ3n) is 3.78. The topological polar surface area (TPSA) is 78.9 Å². The number of hydrogen-bond acceptors (Lipinski definition) is 6. The number of hydrogen-bond donors (Lipinski definition) is 0. The summed E-state index contributed by atoms with van der Waals surface area (Å²) in [4.78, 5) is 36.4. The quantitative estimate of drug-likeness (QED) is 0.250. The summed E-state index contributed by atoms with van der Waals surface area (Å²) in [5, 5.41) is 0. The zero-order valence-corrected chi connectivity index (χ0v) is 15.1. The van der Waals surface area contributed by atoms with Crippen LogP contribution in [-0.2, 0) is 19.1 Å². The van der Waals surface area contributed by atoms with E-state index in [0.717, 1.165) is 0 Å². The van der Waals surface area contributed by atoms with E-state index in [2.05, 4.69) is 0 Å². The third-order valence-corrected chi connectivity index (χ3v) is 3.78. The van der Waals surface area contributed by atoms with Crippen LogP contribution in [0.5, 0.6) is 5.75 Å². The molecule has 0 aromatic heterocycles. The second-order valence-electron chi connectivity index (χ2n) is 5.60. The molecule has 1 unspecified atom stereocenters. The van der Waals surface area contributed by atoms with Gasteiger partial charge in [-0.1, -0.05) is 18.6 Å². The van der Waals surface area contributed by atoms with E-state index in [1.807, 2.05) is 0 Å². The summed E-state index contributed by atoms with van der Waals surface area (Å²) in [7, 11) is 2.94. The largest absolute Gasteiger partial charge is 0.497 e. The highest BCUT2D eigenvalue weighted by molar-refractivity contribution is 6.11. The molecule has 138 valence electrons. The molecule has 1 aromatic carbocycles. The van der Waals surface area contributed by atoms with Gasteiger partial charge in [-0.2, -0.15) is 0 Å². The number of carbonyl (C=O) groups excluding carboxylic acids is 3. The molecular formula is C19H26O6. The van der Waals surface area contributed by atoms with Crippen molar-refractivity contribution in [1.29, 1.82) is 0 Å². The van der Waals surface area contributed by atoms with Gasteiger partial charge in [0.25, 0.3) is 0 Å². The number of esters is 1.